The maximum atomic E-state index is 13.6. The van der Waals surface area contributed by atoms with Crippen molar-refractivity contribution in [2.45, 2.75) is 26.2 Å². The first kappa shape index (κ1) is 16.6. The summed E-state index contributed by atoms with van der Waals surface area (Å²) in [5, 5.41) is 3.73. The number of amides is 1. The number of benzene rings is 1. The van der Waals surface area contributed by atoms with E-state index in [0.717, 1.165) is 24.6 Å². The van der Waals surface area contributed by atoms with Crippen LogP contribution in [0.3, 0.4) is 0 Å². The number of alkyl halides is 1. The Hall–Kier alpha value is -0.420. The molecule has 1 amide bonds. The van der Waals surface area contributed by atoms with Crippen LogP contribution in [-0.4, -0.2) is 17.8 Å². The van der Waals surface area contributed by atoms with Crippen molar-refractivity contribution in [3.05, 3.63) is 34.1 Å². The number of halogens is 3. The maximum absolute atomic E-state index is 13.6. The molecular weight excluding hydrogens is 377 g/mol. The van der Waals surface area contributed by atoms with Gasteiger partial charge in [-0.1, -0.05) is 45.2 Å². The average Bonchev–Trinajstić information content (AvgIpc) is 2.39. The van der Waals surface area contributed by atoms with Crippen LogP contribution < -0.4 is 5.32 Å². The van der Waals surface area contributed by atoms with E-state index >= 15 is 0 Å². The molecule has 0 fully saturated rings. The quantitative estimate of drug-likeness (QED) is 0.676. The molecular formula is C14H18Br2FNO. The zero-order valence-corrected chi connectivity index (χ0v) is 14.1. The van der Waals surface area contributed by atoms with E-state index < -0.39 is 5.82 Å². The van der Waals surface area contributed by atoms with E-state index in [0.29, 0.717) is 16.9 Å². The Morgan fingerprint density at radius 3 is 2.79 bits per heavy atom. The fraction of sp³-hybridized carbons (Fsp3) is 0.500. The van der Waals surface area contributed by atoms with Crippen molar-refractivity contribution in [2.75, 3.05) is 11.9 Å². The van der Waals surface area contributed by atoms with Crippen molar-refractivity contribution < 1.29 is 9.18 Å². The second-order valence-corrected chi connectivity index (χ2v) is 6.18. The van der Waals surface area contributed by atoms with E-state index in [1.807, 2.05) is 0 Å². The maximum Gasteiger partial charge on any atom is 0.254 e. The van der Waals surface area contributed by atoms with Crippen LogP contribution in [-0.2, 0) is 0 Å². The lowest BCUT2D eigenvalue weighted by atomic mass is 10.0. The first-order valence-corrected chi connectivity index (χ1v) is 8.29. The molecule has 0 aliphatic heterocycles. The molecule has 0 aliphatic carbocycles. The standard InChI is InChI=1S/C14H18Br2FNO/c1-2-3-10(6-7-15)9-18-14(19)12-8-11(16)4-5-13(12)17/h4-5,8,10H,2-3,6-7,9H2,1H3,(H,18,19). The van der Waals surface area contributed by atoms with E-state index in [2.05, 4.69) is 44.1 Å². The van der Waals surface area contributed by atoms with Crippen LogP contribution in [0.4, 0.5) is 4.39 Å². The molecule has 1 rings (SSSR count). The molecule has 0 aliphatic rings. The molecule has 1 aromatic carbocycles. The summed E-state index contributed by atoms with van der Waals surface area (Å²) in [7, 11) is 0. The Kier molecular flexibility index (Phi) is 7.61. The minimum Gasteiger partial charge on any atom is -0.352 e. The van der Waals surface area contributed by atoms with Crippen molar-refractivity contribution in [1.29, 1.82) is 0 Å². The van der Waals surface area contributed by atoms with Crippen LogP contribution in [0, 0.1) is 11.7 Å². The summed E-state index contributed by atoms with van der Waals surface area (Å²) in [5.41, 5.74) is 0.0865. The van der Waals surface area contributed by atoms with E-state index in [4.69, 9.17) is 0 Å². The summed E-state index contributed by atoms with van der Waals surface area (Å²) < 4.78 is 14.3. The number of hydrogen-bond acceptors (Lipinski definition) is 1. The summed E-state index contributed by atoms with van der Waals surface area (Å²) >= 11 is 6.66. The van der Waals surface area contributed by atoms with Crippen LogP contribution in [0.5, 0.6) is 0 Å². The van der Waals surface area contributed by atoms with Gasteiger partial charge in [-0.25, -0.2) is 4.39 Å². The third-order valence-electron chi connectivity index (χ3n) is 2.94. The van der Waals surface area contributed by atoms with Crippen molar-refractivity contribution in [3.63, 3.8) is 0 Å². The highest BCUT2D eigenvalue weighted by atomic mass is 79.9. The Labute approximate surface area is 130 Å². The summed E-state index contributed by atoms with van der Waals surface area (Å²) in [6, 6.07) is 4.38. The molecule has 0 radical (unpaired) electrons. The molecule has 1 atom stereocenters. The van der Waals surface area contributed by atoms with E-state index in [1.54, 1.807) is 6.07 Å². The lowest BCUT2D eigenvalue weighted by Crippen LogP contribution is -2.30. The van der Waals surface area contributed by atoms with E-state index in [9.17, 15) is 9.18 Å². The van der Waals surface area contributed by atoms with Gasteiger partial charge in [-0.3, -0.25) is 4.79 Å². The Balaban J connectivity index is 2.61. The van der Waals surface area contributed by atoms with Gasteiger partial charge in [0.2, 0.25) is 0 Å². The zero-order valence-electron chi connectivity index (χ0n) is 10.9. The molecule has 1 aromatic rings. The van der Waals surface area contributed by atoms with Crippen molar-refractivity contribution in [1.82, 2.24) is 5.32 Å². The van der Waals surface area contributed by atoms with Crippen LogP contribution in [0.25, 0.3) is 0 Å². The summed E-state index contributed by atoms with van der Waals surface area (Å²) in [6.07, 6.45) is 3.15. The van der Waals surface area contributed by atoms with E-state index in [-0.39, 0.29) is 11.5 Å². The summed E-state index contributed by atoms with van der Waals surface area (Å²) in [6.45, 7) is 2.71. The van der Waals surface area contributed by atoms with Gasteiger partial charge in [0.05, 0.1) is 5.56 Å². The Bertz CT molecular complexity index is 420. The van der Waals surface area contributed by atoms with Gasteiger partial charge in [0.1, 0.15) is 5.82 Å². The largest absolute Gasteiger partial charge is 0.352 e. The molecule has 0 bridgehead atoms. The highest BCUT2D eigenvalue weighted by molar-refractivity contribution is 9.10. The first-order chi connectivity index (χ1) is 9.08. The highest BCUT2D eigenvalue weighted by Gasteiger charge is 2.14. The van der Waals surface area contributed by atoms with Crippen LogP contribution in [0.15, 0.2) is 22.7 Å². The molecule has 0 aromatic heterocycles. The van der Waals surface area contributed by atoms with Crippen LogP contribution >= 0.6 is 31.9 Å². The molecule has 19 heavy (non-hydrogen) atoms. The molecule has 5 heteroatoms. The molecule has 1 unspecified atom stereocenters. The minimum absolute atomic E-state index is 0.0865. The second-order valence-electron chi connectivity index (χ2n) is 4.47. The number of nitrogens with one attached hydrogen (secondary N) is 1. The summed E-state index contributed by atoms with van der Waals surface area (Å²) in [5.74, 6) is -0.411. The topological polar surface area (TPSA) is 29.1 Å². The normalized spacial score (nSPS) is 12.2. The fourth-order valence-electron chi connectivity index (χ4n) is 1.91. The number of hydrogen-bond donors (Lipinski definition) is 1. The lowest BCUT2D eigenvalue weighted by molar-refractivity contribution is 0.0942. The predicted molar refractivity (Wildman–Crippen MR) is 83.2 cm³/mol. The SMILES string of the molecule is CCCC(CCBr)CNC(=O)c1cc(Br)ccc1F. The van der Waals surface area contributed by atoms with Gasteiger partial charge < -0.3 is 5.32 Å². The van der Waals surface area contributed by atoms with Gasteiger partial charge in [-0.05, 0) is 37.0 Å². The smallest absolute Gasteiger partial charge is 0.254 e. The average molecular weight is 395 g/mol. The second kappa shape index (κ2) is 8.69. The van der Waals surface area contributed by atoms with Gasteiger partial charge in [0, 0.05) is 16.3 Å². The van der Waals surface area contributed by atoms with Crippen molar-refractivity contribution in [2.24, 2.45) is 5.92 Å². The molecule has 1 N–H and O–H groups in total. The van der Waals surface area contributed by atoms with Gasteiger partial charge in [0.25, 0.3) is 5.91 Å². The molecule has 0 spiro atoms. The fourth-order valence-corrected chi connectivity index (χ4v) is 2.92. The van der Waals surface area contributed by atoms with Crippen molar-refractivity contribution >= 4 is 37.8 Å². The third-order valence-corrected chi connectivity index (χ3v) is 3.89. The zero-order chi connectivity index (χ0) is 14.3. The molecule has 2 nitrogen and oxygen atoms in total. The molecule has 0 saturated carbocycles. The van der Waals surface area contributed by atoms with Crippen molar-refractivity contribution in [3.8, 4) is 0 Å². The van der Waals surface area contributed by atoms with Gasteiger partial charge >= 0.3 is 0 Å². The molecule has 0 heterocycles. The first-order valence-electron chi connectivity index (χ1n) is 6.37. The van der Waals surface area contributed by atoms with E-state index in [1.165, 1.54) is 12.1 Å². The van der Waals surface area contributed by atoms with Gasteiger partial charge in [0.15, 0.2) is 0 Å². The predicted octanol–water partition coefficient (Wildman–Crippen LogP) is 4.52. The number of carbonyl (C=O) groups excluding carboxylic acids is 1. The third kappa shape index (κ3) is 5.61. The molecule has 106 valence electrons. The lowest BCUT2D eigenvalue weighted by Gasteiger charge is -2.15. The highest BCUT2D eigenvalue weighted by Crippen LogP contribution is 2.16. The number of rotatable bonds is 7. The minimum atomic E-state index is -0.492. The van der Waals surface area contributed by atoms with Gasteiger partial charge in [-0.15, -0.1) is 0 Å². The molecule has 0 saturated heterocycles. The Morgan fingerprint density at radius 1 is 1.42 bits per heavy atom. The Morgan fingerprint density at radius 2 is 2.16 bits per heavy atom. The van der Waals surface area contributed by atoms with Crippen LogP contribution in [0.2, 0.25) is 0 Å². The number of carbonyl (C=O) groups is 1. The van der Waals surface area contributed by atoms with Crippen LogP contribution in [0.1, 0.15) is 36.5 Å². The monoisotopic (exact) mass is 393 g/mol. The summed E-state index contributed by atoms with van der Waals surface area (Å²) in [4.78, 5) is 11.9. The van der Waals surface area contributed by atoms with Gasteiger partial charge in [-0.2, -0.15) is 0 Å².